The molecule has 1 atom stereocenters. The van der Waals surface area contributed by atoms with Gasteiger partial charge in [0.2, 0.25) is 17.5 Å². The van der Waals surface area contributed by atoms with Crippen LogP contribution in [0, 0.1) is 87.3 Å². The number of hydrogen-bond donors (Lipinski definition) is 2. The van der Waals surface area contributed by atoms with Crippen molar-refractivity contribution < 1.29 is 80.6 Å². The Balaban J connectivity index is 0.000000553. The molecule has 5 rings (SSSR count). The number of rotatable bonds is 10. The quantitative estimate of drug-likeness (QED) is 0.0406. The fourth-order valence-electron chi connectivity index (χ4n) is 5.46. The van der Waals surface area contributed by atoms with Crippen LogP contribution in [-0.4, -0.2) is 17.4 Å². The van der Waals surface area contributed by atoms with Gasteiger partial charge in [-0.25, -0.2) is 65.9 Å². The second-order valence-corrected chi connectivity index (χ2v) is 12.1. The van der Waals surface area contributed by atoms with Crippen molar-refractivity contribution in [1.82, 2.24) is 0 Å². The zero-order valence-electron chi connectivity index (χ0n) is 30.3. The Morgan fingerprint density at radius 2 is 0.797 bits per heavy atom. The summed E-state index contributed by atoms with van der Waals surface area (Å²) in [5.41, 5.74) is -9.36. The van der Waals surface area contributed by atoms with E-state index < -0.39 is 141 Å². The number of benzene rings is 3. The van der Waals surface area contributed by atoms with E-state index in [0.29, 0.717) is 0 Å². The van der Waals surface area contributed by atoms with Crippen molar-refractivity contribution in [3.8, 4) is 0 Å². The van der Waals surface area contributed by atoms with Crippen LogP contribution in [-0.2, 0) is 4.65 Å². The molecule has 0 bridgehead atoms. The maximum absolute atomic E-state index is 15.3. The Labute approximate surface area is 327 Å². The van der Waals surface area contributed by atoms with Crippen LogP contribution in [0.2, 0.25) is 0 Å². The van der Waals surface area contributed by atoms with Gasteiger partial charge in [-0.3, -0.25) is 0 Å². The van der Waals surface area contributed by atoms with Crippen molar-refractivity contribution in [3.05, 3.63) is 177 Å². The van der Waals surface area contributed by atoms with Gasteiger partial charge in [0.15, 0.2) is 69.8 Å². The highest BCUT2D eigenvalue weighted by atomic mass is 19.2. The van der Waals surface area contributed by atoms with E-state index in [9.17, 15) is 49.6 Å². The van der Waals surface area contributed by atoms with Crippen molar-refractivity contribution in [2.45, 2.75) is 51.4 Å². The van der Waals surface area contributed by atoms with Crippen molar-refractivity contribution in [1.29, 1.82) is 0 Å². The molecule has 2 N–H and O–H groups in total. The second-order valence-electron chi connectivity index (χ2n) is 12.1. The summed E-state index contributed by atoms with van der Waals surface area (Å²) in [5, 5.41) is 18.9. The minimum Gasteiger partial charge on any atom is -0.511 e. The first-order valence-electron chi connectivity index (χ1n) is 17.2. The van der Waals surface area contributed by atoms with Crippen molar-refractivity contribution in [2.24, 2.45) is 0 Å². The third kappa shape index (κ3) is 11.2. The monoisotopic (exact) mass is 854 g/mol. The maximum atomic E-state index is 15.3. The summed E-state index contributed by atoms with van der Waals surface area (Å²) in [6.07, 6.45) is 25.4. The minimum absolute atomic E-state index is 0.0857. The van der Waals surface area contributed by atoms with Crippen LogP contribution in [0.25, 0.3) is 11.3 Å². The molecule has 316 valence electrons. The molecule has 2 aliphatic rings. The van der Waals surface area contributed by atoms with Crippen LogP contribution in [0.1, 0.15) is 68.1 Å². The smallest absolute Gasteiger partial charge is 0.511 e. The number of halogens is 15. The summed E-state index contributed by atoms with van der Waals surface area (Å²) in [6, 6.07) is 0. The lowest BCUT2D eigenvalue weighted by Gasteiger charge is -2.27. The van der Waals surface area contributed by atoms with Crippen LogP contribution >= 0.6 is 0 Å². The topological polar surface area (TPSA) is 49.7 Å². The lowest BCUT2D eigenvalue weighted by Crippen LogP contribution is -2.23. The van der Waals surface area contributed by atoms with Crippen LogP contribution < -0.4 is 0 Å². The average molecular weight is 854 g/mol. The molecule has 0 saturated carbocycles. The Bertz CT molecular complexity index is 2080. The zero-order chi connectivity index (χ0) is 44.1. The number of hydrogen-bond acceptors (Lipinski definition) is 3. The number of allylic oxidation sites excluding steroid dienone is 13. The van der Waals surface area contributed by atoms with Gasteiger partial charge in [-0.05, 0) is 19.3 Å². The third-order valence-electron chi connectivity index (χ3n) is 8.18. The van der Waals surface area contributed by atoms with Gasteiger partial charge in [0.1, 0.15) is 5.76 Å². The maximum Gasteiger partial charge on any atom is 0.707 e. The molecule has 3 aromatic carbocycles. The SMILES string of the molecule is C1=CC=CCC=C1.C1=CC=CCC=C1.CCCCCC(C(=C(OB(O)O)c1c(F)c(F)c(F)c(F)c1F)c1c(F)c(F)c(F)c(F)c1F)c1c(F)c(F)c(F)c(F)c1F. The molecule has 0 heterocycles. The number of unbranched alkanes of at least 4 members (excludes halogenated alkanes) is 2. The largest absolute Gasteiger partial charge is 0.707 e. The molecule has 0 amide bonds. The van der Waals surface area contributed by atoms with Crippen LogP contribution in [0.4, 0.5) is 65.9 Å². The highest BCUT2D eigenvalue weighted by Gasteiger charge is 2.41. The molecule has 0 saturated heterocycles. The minimum atomic E-state index is -3.53. The molecular weight excluding hydrogens is 824 g/mol. The van der Waals surface area contributed by atoms with Gasteiger partial charge in [-0.1, -0.05) is 99.1 Å². The first-order chi connectivity index (χ1) is 27.9. The Morgan fingerprint density at radius 3 is 1.14 bits per heavy atom. The molecule has 0 fully saturated rings. The van der Waals surface area contributed by atoms with Crippen LogP contribution in [0.15, 0.2) is 72.9 Å². The normalized spacial score (nSPS) is 13.9. The van der Waals surface area contributed by atoms with E-state index in [4.69, 9.17) is 0 Å². The molecular formula is C40H30BF15O3. The fourth-order valence-corrected chi connectivity index (χ4v) is 5.46. The van der Waals surface area contributed by atoms with E-state index in [-0.39, 0.29) is 12.8 Å². The van der Waals surface area contributed by atoms with Gasteiger partial charge in [-0.2, -0.15) is 0 Å². The van der Waals surface area contributed by atoms with Gasteiger partial charge in [0, 0.05) is 17.1 Å². The van der Waals surface area contributed by atoms with E-state index in [2.05, 4.69) is 53.3 Å². The third-order valence-corrected chi connectivity index (χ3v) is 8.18. The van der Waals surface area contributed by atoms with E-state index in [1.807, 2.05) is 24.3 Å². The summed E-state index contributed by atoms with van der Waals surface area (Å²) >= 11 is 0. The Hall–Kier alpha value is -5.43. The lowest BCUT2D eigenvalue weighted by atomic mass is 9.79. The summed E-state index contributed by atoms with van der Waals surface area (Å²) in [7, 11) is -3.53. The van der Waals surface area contributed by atoms with Gasteiger partial charge < -0.3 is 14.7 Å². The Morgan fingerprint density at radius 1 is 0.475 bits per heavy atom. The summed E-state index contributed by atoms with van der Waals surface area (Å²) in [5.74, 6) is -48.8. The Kier molecular flexibility index (Phi) is 17.9. The van der Waals surface area contributed by atoms with Gasteiger partial charge in [0.05, 0.1) is 11.1 Å². The molecule has 0 aliphatic heterocycles. The van der Waals surface area contributed by atoms with Gasteiger partial charge >= 0.3 is 7.32 Å². The summed E-state index contributed by atoms with van der Waals surface area (Å²) in [6.45, 7) is 1.46. The fraction of sp³-hybridized carbons (Fsp3) is 0.200. The standard InChI is InChI=1S/C26H14BF15O3.2C7H8/c1-2-3-4-5-6(8-11(28)17(34)23(40)18(35)12(8)29)7(9-13(30)19(36)24(41)20(37)14(9)31)26(45-27(43)44)10-15(32)21(38)25(42)22(39)16(10)33;2*1-2-4-6-7-5-3-1/h6,43-44H,2-5H2,1H3;2*1-6H,7H2. The predicted molar refractivity (Wildman–Crippen MR) is 188 cm³/mol. The molecule has 59 heavy (non-hydrogen) atoms. The van der Waals surface area contributed by atoms with Crippen LogP contribution in [0.5, 0.6) is 0 Å². The molecule has 0 spiro atoms. The zero-order valence-corrected chi connectivity index (χ0v) is 30.3. The lowest BCUT2D eigenvalue weighted by molar-refractivity contribution is 0.267. The molecule has 3 aromatic rings. The van der Waals surface area contributed by atoms with E-state index in [1.165, 1.54) is 6.92 Å². The summed E-state index contributed by atoms with van der Waals surface area (Å²) < 4.78 is 222. The van der Waals surface area contributed by atoms with E-state index >= 15 is 26.3 Å². The van der Waals surface area contributed by atoms with Crippen molar-refractivity contribution in [2.75, 3.05) is 0 Å². The molecule has 0 radical (unpaired) electrons. The van der Waals surface area contributed by atoms with Crippen LogP contribution in [0.3, 0.4) is 0 Å². The second kappa shape index (κ2) is 22.1. The predicted octanol–water partition coefficient (Wildman–Crippen LogP) is 12.1. The molecule has 3 nitrogen and oxygen atoms in total. The van der Waals surface area contributed by atoms with E-state index in [1.54, 1.807) is 0 Å². The van der Waals surface area contributed by atoms with Gasteiger partial charge in [-0.15, -0.1) is 0 Å². The highest BCUT2D eigenvalue weighted by Crippen LogP contribution is 2.48. The highest BCUT2D eigenvalue weighted by molar-refractivity contribution is 6.34. The average Bonchev–Trinajstić information content (AvgIpc) is 3.72. The van der Waals surface area contributed by atoms with E-state index in [0.717, 1.165) is 12.8 Å². The molecule has 1 unspecified atom stereocenters. The summed E-state index contributed by atoms with van der Waals surface area (Å²) in [4.78, 5) is 0. The molecule has 19 heteroatoms. The first kappa shape index (κ1) is 47.9. The molecule has 0 aromatic heterocycles. The molecule has 2 aliphatic carbocycles. The van der Waals surface area contributed by atoms with Crippen molar-refractivity contribution >= 4 is 18.7 Å². The van der Waals surface area contributed by atoms with Crippen molar-refractivity contribution in [3.63, 3.8) is 0 Å². The van der Waals surface area contributed by atoms with Gasteiger partial charge in [0.25, 0.3) is 0 Å². The first-order valence-corrected chi connectivity index (χ1v) is 17.2.